The molecular formula is C15H11BrN2O4. The van der Waals surface area contributed by atoms with Crippen molar-refractivity contribution in [3.05, 3.63) is 69.7 Å². The molecule has 2 amide bonds. The highest BCUT2D eigenvalue weighted by Gasteiger charge is 2.17. The molecule has 0 aliphatic heterocycles. The molecule has 0 spiro atoms. The summed E-state index contributed by atoms with van der Waals surface area (Å²) < 4.78 is 0.577. The van der Waals surface area contributed by atoms with E-state index >= 15 is 0 Å². The molecule has 0 aromatic heterocycles. The van der Waals surface area contributed by atoms with Gasteiger partial charge in [0.15, 0.2) is 0 Å². The van der Waals surface area contributed by atoms with E-state index in [-0.39, 0.29) is 11.1 Å². The number of aromatic carboxylic acids is 1. The van der Waals surface area contributed by atoms with Gasteiger partial charge in [-0.05, 0) is 40.2 Å². The zero-order chi connectivity index (χ0) is 16.1. The summed E-state index contributed by atoms with van der Waals surface area (Å²) in [6.07, 6.45) is 0. The van der Waals surface area contributed by atoms with Crippen molar-refractivity contribution in [3.8, 4) is 0 Å². The lowest BCUT2D eigenvalue weighted by Gasteiger charge is -2.10. The van der Waals surface area contributed by atoms with Crippen LogP contribution in [-0.4, -0.2) is 22.9 Å². The van der Waals surface area contributed by atoms with Crippen LogP contribution in [0.2, 0.25) is 0 Å². The van der Waals surface area contributed by atoms with E-state index in [1.54, 1.807) is 24.3 Å². The fourth-order valence-electron chi connectivity index (χ4n) is 1.76. The Hall–Kier alpha value is -2.67. The number of nitrogens with one attached hydrogen (secondary N) is 2. The first-order chi connectivity index (χ1) is 10.5. The lowest BCUT2D eigenvalue weighted by Crippen LogP contribution is -2.42. The minimum atomic E-state index is -1.22. The zero-order valence-corrected chi connectivity index (χ0v) is 12.8. The van der Waals surface area contributed by atoms with Crippen LogP contribution in [0.5, 0.6) is 0 Å². The third-order valence-electron chi connectivity index (χ3n) is 2.81. The topological polar surface area (TPSA) is 95.5 Å². The first-order valence-corrected chi connectivity index (χ1v) is 6.97. The molecule has 2 rings (SSSR count). The molecule has 0 aliphatic carbocycles. The van der Waals surface area contributed by atoms with Crippen LogP contribution in [-0.2, 0) is 0 Å². The van der Waals surface area contributed by atoms with E-state index in [9.17, 15) is 14.4 Å². The lowest BCUT2D eigenvalue weighted by atomic mass is 10.1. The molecule has 0 atom stereocenters. The number of halogens is 1. The molecule has 0 bridgehead atoms. The normalized spacial score (nSPS) is 9.86. The van der Waals surface area contributed by atoms with Gasteiger partial charge >= 0.3 is 5.97 Å². The van der Waals surface area contributed by atoms with Crippen molar-refractivity contribution in [3.63, 3.8) is 0 Å². The highest BCUT2D eigenvalue weighted by atomic mass is 79.9. The molecule has 6 nitrogen and oxygen atoms in total. The first kappa shape index (κ1) is 15.7. The van der Waals surface area contributed by atoms with Crippen molar-refractivity contribution >= 4 is 33.7 Å². The Morgan fingerprint density at radius 1 is 0.773 bits per heavy atom. The summed E-state index contributed by atoms with van der Waals surface area (Å²) in [5.74, 6) is -2.45. The van der Waals surface area contributed by atoms with E-state index < -0.39 is 17.8 Å². The third kappa shape index (κ3) is 3.50. The van der Waals surface area contributed by atoms with E-state index in [4.69, 9.17) is 5.11 Å². The summed E-state index contributed by atoms with van der Waals surface area (Å²) in [5.41, 5.74) is 4.60. The van der Waals surface area contributed by atoms with Crippen molar-refractivity contribution in [2.75, 3.05) is 0 Å². The third-order valence-corrected chi connectivity index (χ3v) is 3.50. The Bertz CT molecular complexity index is 746. The predicted octanol–water partition coefficient (Wildman–Crippen LogP) is 2.22. The molecule has 7 heteroatoms. The quantitative estimate of drug-likeness (QED) is 0.729. The second-order valence-corrected chi connectivity index (χ2v) is 5.09. The lowest BCUT2D eigenvalue weighted by molar-refractivity contribution is 0.0690. The van der Waals surface area contributed by atoms with E-state index in [1.807, 2.05) is 0 Å². The number of amides is 2. The molecule has 0 unspecified atom stereocenters. The Morgan fingerprint density at radius 3 is 1.77 bits per heavy atom. The summed E-state index contributed by atoms with van der Waals surface area (Å²) in [4.78, 5) is 35.0. The molecule has 0 heterocycles. The van der Waals surface area contributed by atoms with Crippen LogP contribution in [0, 0.1) is 0 Å². The van der Waals surface area contributed by atoms with Crippen molar-refractivity contribution in [1.82, 2.24) is 10.9 Å². The summed E-state index contributed by atoms with van der Waals surface area (Å²) in [6.45, 7) is 0. The second-order valence-electron chi connectivity index (χ2n) is 4.24. The zero-order valence-electron chi connectivity index (χ0n) is 11.2. The Kier molecular flexibility index (Phi) is 4.90. The van der Waals surface area contributed by atoms with Gasteiger partial charge in [-0.1, -0.05) is 24.3 Å². The van der Waals surface area contributed by atoms with Crippen LogP contribution in [0.1, 0.15) is 31.1 Å². The van der Waals surface area contributed by atoms with Gasteiger partial charge in [0.05, 0.1) is 16.7 Å². The van der Waals surface area contributed by atoms with Gasteiger partial charge in [0, 0.05) is 4.47 Å². The maximum atomic E-state index is 12.0. The van der Waals surface area contributed by atoms with Crippen molar-refractivity contribution in [2.24, 2.45) is 0 Å². The maximum Gasteiger partial charge on any atom is 0.336 e. The fraction of sp³-hybridized carbons (Fsp3) is 0. The number of rotatable bonds is 3. The summed E-state index contributed by atoms with van der Waals surface area (Å²) in [6, 6.07) is 12.4. The largest absolute Gasteiger partial charge is 0.478 e. The molecule has 3 N–H and O–H groups in total. The van der Waals surface area contributed by atoms with Gasteiger partial charge < -0.3 is 5.11 Å². The predicted molar refractivity (Wildman–Crippen MR) is 82.5 cm³/mol. The molecule has 0 saturated heterocycles. The molecule has 112 valence electrons. The van der Waals surface area contributed by atoms with E-state index in [0.717, 1.165) is 0 Å². The molecular weight excluding hydrogens is 352 g/mol. The number of carbonyl (C=O) groups excluding carboxylic acids is 2. The number of carboxylic acids is 1. The SMILES string of the molecule is O=C(NNC(=O)c1ccccc1C(=O)O)c1ccccc1Br. The van der Waals surface area contributed by atoms with Crippen LogP contribution >= 0.6 is 15.9 Å². The molecule has 22 heavy (non-hydrogen) atoms. The average Bonchev–Trinajstić information content (AvgIpc) is 2.52. The first-order valence-electron chi connectivity index (χ1n) is 6.18. The van der Waals surface area contributed by atoms with Crippen LogP contribution in [0.4, 0.5) is 0 Å². The minimum absolute atomic E-state index is 0.0394. The number of carbonyl (C=O) groups is 3. The van der Waals surface area contributed by atoms with Crippen LogP contribution < -0.4 is 10.9 Å². The molecule has 2 aromatic rings. The number of hydrazine groups is 1. The monoisotopic (exact) mass is 362 g/mol. The summed E-state index contributed by atoms with van der Waals surface area (Å²) in [7, 11) is 0. The van der Waals surface area contributed by atoms with Gasteiger partial charge in [-0.2, -0.15) is 0 Å². The molecule has 2 aromatic carbocycles. The Morgan fingerprint density at radius 2 is 1.23 bits per heavy atom. The highest BCUT2D eigenvalue weighted by Crippen LogP contribution is 2.15. The maximum absolute atomic E-state index is 12.0. The molecule has 0 fully saturated rings. The molecule has 0 radical (unpaired) electrons. The number of benzene rings is 2. The Balaban J connectivity index is 2.09. The van der Waals surface area contributed by atoms with Gasteiger partial charge in [0.1, 0.15) is 0 Å². The van der Waals surface area contributed by atoms with Gasteiger partial charge in [0.25, 0.3) is 11.8 Å². The number of hydrogen-bond donors (Lipinski definition) is 3. The fourth-order valence-corrected chi connectivity index (χ4v) is 2.23. The van der Waals surface area contributed by atoms with Gasteiger partial charge in [-0.3, -0.25) is 20.4 Å². The average molecular weight is 363 g/mol. The smallest absolute Gasteiger partial charge is 0.336 e. The molecule has 0 aliphatic rings. The summed E-state index contributed by atoms with van der Waals surface area (Å²) in [5, 5.41) is 9.03. The van der Waals surface area contributed by atoms with Crippen LogP contribution in [0.15, 0.2) is 53.0 Å². The van der Waals surface area contributed by atoms with Crippen LogP contribution in [0.25, 0.3) is 0 Å². The molecule has 0 saturated carbocycles. The van der Waals surface area contributed by atoms with Gasteiger partial charge in [0.2, 0.25) is 0 Å². The van der Waals surface area contributed by atoms with Crippen molar-refractivity contribution in [2.45, 2.75) is 0 Å². The Labute approximate surface area is 134 Å². The number of hydrogen-bond acceptors (Lipinski definition) is 3. The van der Waals surface area contributed by atoms with Gasteiger partial charge in [-0.15, -0.1) is 0 Å². The second kappa shape index (κ2) is 6.86. The van der Waals surface area contributed by atoms with Crippen molar-refractivity contribution < 1.29 is 19.5 Å². The number of carboxylic acid groups (broad SMARTS) is 1. The minimum Gasteiger partial charge on any atom is -0.478 e. The van der Waals surface area contributed by atoms with Gasteiger partial charge in [-0.25, -0.2) is 4.79 Å². The summed E-state index contributed by atoms with van der Waals surface area (Å²) >= 11 is 3.23. The van der Waals surface area contributed by atoms with E-state index in [0.29, 0.717) is 10.0 Å². The standard InChI is InChI=1S/C15H11BrN2O4/c16-12-8-4-3-7-11(12)14(20)18-17-13(19)9-5-1-2-6-10(9)15(21)22/h1-8H,(H,17,19)(H,18,20)(H,21,22). The van der Waals surface area contributed by atoms with Crippen LogP contribution in [0.3, 0.4) is 0 Å². The van der Waals surface area contributed by atoms with E-state index in [2.05, 4.69) is 26.8 Å². The van der Waals surface area contributed by atoms with Crippen molar-refractivity contribution in [1.29, 1.82) is 0 Å². The highest BCUT2D eigenvalue weighted by molar-refractivity contribution is 9.10. The van der Waals surface area contributed by atoms with E-state index in [1.165, 1.54) is 24.3 Å².